The van der Waals surface area contributed by atoms with Gasteiger partial charge in [-0.1, -0.05) is 48.0 Å². The van der Waals surface area contributed by atoms with Crippen LogP contribution in [-0.2, 0) is 20.9 Å². The van der Waals surface area contributed by atoms with Crippen LogP contribution in [0.4, 0.5) is 18.9 Å². The van der Waals surface area contributed by atoms with Gasteiger partial charge in [-0.25, -0.2) is 0 Å². The first-order valence-corrected chi connectivity index (χ1v) is 15.1. The second kappa shape index (κ2) is 10.9. The van der Waals surface area contributed by atoms with Crippen molar-refractivity contribution in [1.29, 1.82) is 0 Å². The van der Waals surface area contributed by atoms with Crippen molar-refractivity contribution in [2.45, 2.75) is 6.18 Å². The normalized spacial score (nSPS) is 10.8. The van der Waals surface area contributed by atoms with E-state index < -0.39 is 26.4 Å². The predicted molar refractivity (Wildman–Crippen MR) is 116 cm³/mol. The zero-order valence-corrected chi connectivity index (χ0v) is 20.2. The van der Waals surface area contributed by atoms with Crippen molar-refractivity contribution in [3.63, 3.8) is 0 Å². The van der Waals surface area contributed by atoms with Gasteiger partial charge in [0.25, 0.3) is 0 Å². The van der Waals surface area contributed by atoms with E-state index in [2.05, 4.69) is 17.9 Å². The van der Waals surface area contributed by atoms with E-state index in [0.29, 0.717) is 16.5 Å². The Morgan fingerprint density at radius 3 is 2.29 bits per heavy atom. The Kier molecular flexibility index (Phi) is 9.13. The third-order valence-electron chi connectivity index (χ3n) is 3.98. The summed E-state index contributed by atoms with van der Waals surface area (Å²) < 4.78 is 43.5. The molecule has 0 amide bonds. The van der Waals surface area contributed by atoms with Crippen molar-refractivity contribution in [3.8, 4) is 17.1 Å². The molecule has 3 aromatic rings. The maximum absolute atomic E-state index is 13.3. The number of hydrogen-bond donors (Lipinski definition) is 1. The van der Waals surface area contributed by atoms with E-state index in [9.17, 15) is 18.3 Å². The molecule has 1 aromatic heterocycles. The van der Waals surface area contributed by atoms with Crippen LogP contribution in [0.3, 0.4) is 0 Å². The van der Waals surface area contributed by atoms with Crippen molar-refractivity contribution in [2.75, 3.05) is 0 Å². The number of hydrogen-bond acceptors (Lipinski definition) is 1. The van der Waals surface area contributed by atoms with Gasteiger partial charge in [-0.2, -0.15) is 13.2 Å². The third kappa shape index (κ3) is 7.04. The SMILES string of the molecule is C=[N+]([CH-]c1ccc(-c2ccccc2C(F)(F)F)[o+]1[CH2-])c1cc(Cl)ccc1O.[Cl][Ti]([Cl])[Cl]. The molecule has 1 heterocycles. The first kappa shape index (κ1) is 25.9. The van der Waals surface area contributed by atoms with Crippen molar-refractivity contribution >= 4 is 51.9 Å². The molecule has 0 aliphatic rings. The van der Waals surface area contributed by atoms with E-state index in [1.807, 2.05) is 0 Å². The van der Waals surface area contributed by atoms with Crippen LogP contribution in [0.5, 0.6) is 5.75 Å². The molecule has 0 saturated carbocycles. The number of aromatic hydroxyl groups is 1. The average molecular weight is 548 g/mol. The van der Waals surface area contributed by atoms with Crippen LogP contribution < -0.4 is 0 Å². The Morgan fingerprint density at radius 2 is 1.68 bits per heavy atom. The van der Waals surface area contributed by atoms with E-state index >= 15 is 0 Å². The molecule has 0 unspecified atom stereocenters. The van der Waals surface area contributed by atoms with Crippen LogP contribution in [0.15, 0.2) is 58.6 Å². The molecule has 3 rings (SSSR count). The number of halogens is 7. The standard InChI is InChI=1S/C20H15ClF3NO2.3ClH.Ti/c1-25(17-11-13(21)7-9-18(17)26)12-14-8-10-19(27(14)2)15-5-3-4-6-16(15)20(22,23)24;;;;/h3-12,26H,1-2H2;3*1H;/q;;;;+3/p-3. The molecule has 0 aliphatic heterocycles. The molecule has 0 radical (unpaired) electrons. The molecule has 0 fully saturated rings. The first-order valence-electron chi connectivity index (χ1n) is 8.31. The molecule has 2 aromatic carbocycles. The van der Waals surface area contributed by atoms with Crippen molar-refractivity contribution in [3.05, 3.63) is 84.6 Å². The topological polar surface area (TPSA) is 25.9 Å². The van der Waals surface area contributed by atoms with Crippen molar-refractivity contribution in [2.24, 2.45) is 0 Å². The van der Waals surface area contributed by atoms with Gasteiger partial charge in [0, 0.05) is 10.6 Å². The third-order valence-corrected chi connectivity index (χ3v) is 4.21. The molecule has 0 atom stereocenters. The first-order chi connectivity index (χ1) is 14.4. The quantitative estimate of drug-likeness (QED) is 0.115. The Bertz CT molecular complexity index is 1070. The van der Waals surface area contributed by atoms with Gasteiger partial charge in [0.05, 0.1) is 19.4 Å². The summed E-state index contributed by atoms with van der Waals surface area (Å²) in [7, 11) is 18.7. The maximum atomic E-state index is 13.3. The number of nitrogens with zero attached hydrogens (tertiary/aromatic N) is 1. The minimum absolute atomic E-state index is 0.00846. The fourth-order valence-electron chi connectivity index (χ4n) is 2.67. The predicted octanol–water partition coefficient (Wildman–Crippen LogP) is 8.27. The summed E-state index contributed by atoms with van der Waals surface area (Å²) in [6.45, 7) is 5.31. The van der Waals surface area contributed by atoms with E-state index in [1.54, 1.807) is 6.07 Å². The number of alkyl halides is 3. The van der Waals surface area contributed by atoms with E-state index in [0.717, 1.165) is 6.07 Å². The fourth-order valence-corrected chi connectivity index (χ4v) is 2.84. The summed E-state index contributed by atoms with van der Waals surface area (Å²) >= 11 is 4.01. The number of phenolic OH excluding ortho intramolecular Hbond substituents is 1. The van der Waals surface area contributed by atoms with Gasteiger partial charge in [0.1, 0.15) is 18.1 Å². The van der Waals surface area contributed by atoms with Gasteiger partial charge in [0.15, 0.2) is 11.4 Å². The molecule has 165 valence electrons. The molecule has 31 heavy (non-hydrogen) atoms. The molecule has 1 N–H and O–H groups in total. The zero-order chi connectivity index (χ0) is 23.3. The molecule has 11 heteroatoms. The van der Waals surface area contributed by atoms with Crippen LogP contribution in [0.25, 0.3) is 11.3 Å². The van der Waals surface area contributed by atoms with Gasteiger partial charge in [-0.15, -0.1) is 0 Å². The summed E-state index contributed by atoms with van der Waals surface area (Å²) in [4.78, 5) is 0. The van der Waals surface area contributed by atoms with E-state index in [-0.39, 0.29) is 17.1 Å². The molecule has 0 bridgehead atoms. The monoisotopic (exact) mass is 546 g/mol. The van der Waals surface area contributed by atoms with Crippen LogP contribution in [0.2, 0.25) is 5.02 Å². The summed E-state index contributed by atoms with van der Waals surface area (Å²) in [5.74, 6) is 0.592. The molecule has 0 spiro atoms. The summed E-state index contributed by atoms with van der Waals surface area (Å²) in [5, 5.41) is 10.4. The van der Waals surface area contributed by atoms with Crippen molar-refractivity contribution < 1.29 is 41.6 Å². The molecule has 3 nitrogen and oxygen atoms in total. The Balaban J connectivity index is 0.000000785. The van der Waals surface area contributed by atoms with Crippen LogP contribution >= 0.6 is 39.5 Å². The van der Waals surface area contributed by atoms with Crippen molar-refractivity contribution in [1.82, 2.24) is 0 Å². The summed E-state index contributed by atoms with van der Waals surface area (Å²) in [5.41, 5.74) is -0.432. The number of benzene rings is 2. The number of rotatable bonds is 4. The average Bonchev–Trinajstić information content (AvgIpc) is 3.03. The fraction of sp³-hybridized carbons (Fsp3) is 0.0500. The van der Waals surface area contributed by atoms with Crippen LogP contribution in [-0.4, -0.2) is 16.4 Å². The van der Waals surface area contributed by atoms with E-state index in [4.69, 9.17) is 39.5 Å². The van der Waals surface area contributed by atoms with Gasteiger partial charge >= 0.3 is 48.8 Å². The van der Waals surface area contributed by atoms with Gasteiger partial charge in [-0.05, 0) is 18.2 Å². The summed E-state index contributed by atoms with van der Waals surface area (Å²) in [6, 6.07) is 12.8. The molecule has 0 aliphatic carbocycles. The molecular weight excluding hydrogens is 533 g/mol. The Labute approximate surface area is 200 Å². The van der Waals surface area contributed by atoms with Gasteiger partial charge in [-0.3, -0.25) is 4.58 Å². The summed E-state index contributed by atoms with van der Waals surface area (Å²) in [6.07, 6.45) is -4.49. The Morgan fingerprint density at radius 1 is 1.06 bits per heavy atom. The van der Waals surface area contributed by atoms with Crippen LogP contribution in [0.1, 0.15) is 11.3 Å². The number of furan rings is 1. The van der Waals surface area contributed by atoms with Gasteiger partial charge < -0.3 is 9.15 Å². The second-order valence-corrected chi connectivity index (χ2v) is 14.2. The Hall–Kier alpha value is -1.41. The van der Waals surface area contributed by atoms with Crippen LogP contribution in [0, 0.1) is 13.7 Å². The van der Waals surface area contributed by atoms with Gasteiger partial charge in [0.2, 0.25) is 0 Å². The number of phenols is 1. The minimum atomic E-state index is -4.49. The second-order valence-electron chi connectivity index (χ2n) is 5.98. The van der Waals surface area contributed by atoms with E-state index in [1.165, 1.54) is 53.6 Å². The zero-order valence-electron chi connectivity index (χ0n) is 15.6. The molecule has 0 saturated heterocycles. The molecular formula is C20H15Cl4F3NO2Ti.